The van der Waals surface area contributed by atoms with Crippen molar-refractivity contribution in [3.63, 3.8) is 0 Å². The molecule has 0 radical (unpaired) electrons. The third-order valence-electron chi connectivity index (χ3n) is 13.1. The van der Waals surface area contributed by atoms with Gasteiger partial charge in [0.05, 0.1) is 44.5 Å². The third kappa shape index (κ3) is 5.05. The summed E-state index contributed by atoms with van der Waals surface area (Å²) in [5.41, 5.74) is 11.7. The topological polar surface area (TPSA) is 40.6 Å². The maximum Gasteiger partial charge on any atom is 0.237 e. The van der Waals surface area contributed by atoms with Crippen molar-refractivity contribution in [3.8, 4) is 39.8 Å². The second kappa shape index (κ2) is 13.6. The fourth-order valence-electron chi connectivity index (χ4n) is 10.4. The number of benzene rings is 9. The van der Waals surface area contributed by atoms with E-state index in [0.29, 0.717) is 5.95 Å². The lowest BCUT2D eigenvalue weighted by Crippen LogP contribution is -2.09. The van der Waals surface area contributed by atoms with Crippen LogP contribution in [-0.2, 0) is 0 Å². The molecule has 0 atom stereocenters. The van der Waals surface area contributed by atoms with Crippen LogP contribution in [0.25, 0.3) is 125 Å². The Hall–Kier alpha value is -8.32. The van der Waals surface area contributed by atoms with Crippen LogP contribution in [-0.4, -0.2) is 23.7 Å². The van der Waals surface area contributed by atoms with Gasteiger partial charge in [0, 0.05) is 64.1 Å². The van der Waals surface area contributed by atoms with Gasteiger partial charge in [0.15, 0.2) is 0 Å². The van der Waals surface area contributed by atoms with Crippen LogP contribution >= 0.6 is 11.3 Å². The van der Waals surface area contributed by atoms with Crippen molar-refractivity contribution in [3.05, 3.63) is 212 Å². The first-order chi connectivity index (χ1) is 31.8. The zero-order valence-electron chi connectivity index (χ0n) is 34.4. The van der Waals surface area contributed by atoms with Gasteiger partial charge in [-0.3, -0.25) is 9.13 Å². The van der Waals surface area contributed by atoms with E-state index in [1.807, 2.05) is 11.3 Å². The van der Waals surface area contributed by atoms with E-state index in [9.17, 15) is 0 Å². The lowest BCUT2D eigenvalue weighted by atomic mass is 9.94. The first-order valence-electron chi connectivity index (χ1n) is 21.7. The molecule has 0 amide bonds. The van der Waals surface area contributed by atoms with Crippen LogP contribution in [0.4, 0.5) is 0 Å². The third-order valence-corrected chi connectivity index (χ3v) is 14.2. The summed E-state index contributed by atoms with van der Waals surface area (Å²) >= 11 is 1.85. The average Bonchev–Trinajstić information content (AvgIpc) is 4.10. The quantitative estimate of drug-likeness (QED) is 0.173. The van der Waals surface area contributed by atoms with Gasteiger partial charge in [0.1, 0.15) is 5.82 Å². The molecule has 9 aromatic carbocycles. The second-order valence-electron chi connectivity index (χ2n) is 16.5. The smallest absolute Gasteiger partial charge is 0.237 e. The van der Waals surface area contributed by atoms with Crippen LogP contribution in [0.2, 0.25) is 0 Å². The Bertz CT molecular complexity index is 3930. The molecule has 14 aromatic rings. The number of thiophene rings is 1. The maximum absolute atomic E-state index is 5.76. The van der Waals surface area contributed by atoms with Crippen molar-refractivity contribution >= 4 is 96.9 Å². The molecule has 0 aliphatic rings. The van der Waals surface area contributed by atoms with Gasteiger partial charge in [-0.25, -0.2) is 4.98 Å². The number of para-hydroxylation sites is 6. The van der Waals surface area contributed by atoms with Crippen LogP contribution in [0.3, 0.4) is 0 Å². The minimum absolute atomic E-state index is 0.606. The molecule has 14 rings (SSSR count). The predicted molar refractivity (Wildman–Crippen MR) is 269 cm³/mol. The largest absolute Gasteiger partial charge is 0.309 e. The van der Waals surface area contributed by atoms with Gasteiger partial charge in [0.25, 0.3) is 0 Å². The number of fused-ring (bicyclic) bond motifs is 12. The normalized spacial score (nSPS) is 12.1. The Morgan fingerprint density at radius 1 is 0.328 bits per heavy atom. The number of hydrogen-bond acceptors (Lipinski definition) is 3. The molecule has 0 spiro atoms. The van der Waals surface area contributed by atoms with Crippen LogP contribution in [0.15, 0.2) is 212 Å². The van der Waals surface area contributed by atoms with Gasteiger partial charge in [-0.1, -0.05) is 152 Å². The number of nitrogens with zero attached hydrogens (tertiary/aromatic N) is 5. The zero-order chi connectivity index (χ0) is 41.9. The van der Waals surface area contributed by atoms with E-state index >= 15 is 0 Å². The molecule has 0 aliphatic carbocycles. The number of hydrogen-bond donors (Lipinski definition) is 0. The predicted octanol–water partition coefficient (Wildman–Crippen LogP) is 15.5. The highest BCUT2D eigenvalue weighted by Crippen LogP contribution is 2.44. The molecule has 6 heteroatoms. The maximum atomic E-state index is 5.76. The Morgan fingerprint density at radius 3 is 1.33 bits per heavy atom. The summed E-state index contributed by atoms with van der Waals surface area (Å²) in [5, 5.41) is 9.66. The van der Waals surface area contributed by atoms with Crippen LogP contribution < -0.4 is 0 Å². The Kier molecular flexibility index (Phi) is 7.49. The molecule has 0 unspecified atom stereocenters. The van der Waals surface area contributed by atoms with E-state index in [1.54, 1.807) is 0 Å². The molecule has 5 heterocycles. The van der Waals surface area contributed by atoms with Gasteiger partial charge >= 0.3 is 0 Å². The lowest BCUT2D eigenvalue weighted by molar-refractivity contribution is 0.951. The molecule has 64 heavy (non-hydrogen) atoms. The molecule has 0 aliphatic heterocycles. The van der Waals surface area contributed by atoms with Gasteiger partial charge < -0.3 is 4.57 Å². The van der Waals surface area contributed by atoms with Crippen molar-refractivity contribution < 1.29 is 0 Å². The SMILES string of the molecule is c1cc(-c2ccc3c(c2)sc2ccccc23)c(-c2cc(-n3c4ccccc4c4ccccc43)nc(-n3c4ccccc4c4ccccc43)n2)c(-n2c3ccccc3c3ccccc32)c1. The second-order valence-corrected chi connectivity index (χ2v) is 17.6. The van der Waals surface area contributed by atoms with E-state index in [-0.39, 0.29) is 0 Å². The molecule has 0 N–H and O–H groups in total. The zero-order valence-corrected chi connectivity index (χ0v) is 35.2. The van der Waals surface area contributed by atoms with Gasteiger partial charge in [0.2, 0.25) is 5.95 Å². The Labute approximate surface area is 371 Å². The fourth-order valence-corrected chi connectivity index (χ4v) is 11.5. The minimum atomic E-state index is 0.606. The summed E-state index contributed by atoms with van der Waals surface area (Å²) in [4.78, 5) is 11.4. The summed E-state index contributed by atoms with van der Waals surface area (Å²) in [7, 11) is 0. The van der Waals surface area contributed by atoms with E-state index in [2.05, 4.69) is 226 Å². The highest BCUT2D eigenvalue weighted by molar-refractivity contribution is 7.25. The molecule has 0 bridgehead atoms. The van der Waals surface area contributed by atoms with Gasteiger partial charge in [-0.2, -0.15) is 4.98 Å². The van der Waals surface area contributed by atoms with Gasteiger partial charge in [-0.05, 0) is 65.7 Å². The van der Waals surface area contributed by atoms with Crippen LogP contribution in [0.5, 0.6) is 0 Å². The first-order valence-corrected chi connectivity index (χ1v) is 22.5. The monoisotopic (exact) mass is 833 g/mol. The summed E-state index contributed by atoms with van der Waals surface area (Å²) in [6.45, 7) is 0. The van der Waals surface area contributed by atoms with Crippen molar-refractivity contribution in [2.45, 2.75) is 0 Å². The molecule has 0 saturated heterocycles. The molecular formula is C58H35N5S. The van der Waals surface area contributed by atoms with Crippen molar-refractivity contribution in [2.24, 2.45) is 0 Å². The fraction of sp³-hybridized carbons (Fsp3) is 0. The van der Waals surface area contributed by atoms with E-state index < -0.39 is 0 Å². The van der Waals surface area contributed by atoms with Crippen LogP contribution in [0.1, 0.15) is 0 Å². The summed E-state index contributed by atoms with van der Waals surface area (Å²) in [6.07, 6.45) is 0. The van der Waals surface area contributed by atoms with Gasteiger partial charge in [-0.15, -0.1) is 11.3 Å². The highest BCUT2D eigenvalue weighted by atomic mass is 32.1. The van der Waals surface area contributed by atoms with E-state index in [0.717, 1.165) is 77.8 Å². The standard InChI is InChI=1S/C58H35N5S/c1-8-24-47-38(16-1)39-17-2-9-25-48(39)61(47)53-30-15-23-37(36-32-33-45-44-22-7-14-31-54(44)64-55(45)34-36)57(53)46-35-56(62-49-26-10-3-18-40(49)41-19-4-11-27-50(41)62)60-58(59-46)63-51-28-12-5-20-42(51)43-21-6-13-29-52(43)63/h1-35H. The van der Waals surface area contributed by atoms with Crippen molar-refractivity contribution in [1.29, 1.82) is 0 Å². The van der Waals surface area contributed by atoms with Crippen molar-refractivity contribution in [2.75, 3.05) is 0 Å². The van der Waals surface area contributed by atoms with E-state index in [4.69, 9.17) is 9.97 Å². The average molecular weight is 834 g/mol. The molecule has 298 valence electrons. The molecule has 5 aromatic heterocycles. The molecular weight excluding hydrogens is 799 g/mol. The summed E-state index contributed by atoms with van der Waals surface area (Å²) in [6, 6.07) is 76.6. The highest BCUT2D eigenvalue weighted by Gasteiger charge is 2.24. The minimum Gasteiger partial charge on any atom is -0.309 e. The molecule has 5 nitrogen and oxygen atoms in total. The van der Waals surface area contributed by atoms with Crippen LogP contribution in [0, 0.1) is 0 Å². The van der Waals surface area contributed by atoms with Crippen molar-refractivity contribution in [1.82, 2.24) is 23.7 Å². The van der Waals surface area contributed by atoms with E-state index in [1.165, 1.54) is 41.7 Å². The lowest BCUT2D eigenvalue weighted by Gasteiger charge is -2.20. The number of aromatic nitrogens is 5. The Balaban J connectivity index is 1.15. The molecule has 0 fully saturated rings. The summed E-state index contributed by atoms with van der Waals surface area (Å²) < 4.78 is 9.54. The summed E-state index contributed by atoms with van der Waals surface area (Å²) in [5.74, 6) is 1.40. The molecule has 0 saturated carbocycles. The number of rotatable bonds is 5. The Morgan fingerprint density at radius 2 is 0.781 bits per heavy atom. The first kappa shape index (κ1) is 35.3.